The average Bonchev–Trinajstić information content (AvgIpc) is 3.17. The normalized spacial score (nSPS) is 15.3. The largest absolute Gasteiger partial charge is 0.469 e. The first-order chi connectivity index (χ1) is 13.4. The van der Waals surface area contributed by atoms with Crippen LogP contribution in [0.3, 0.4) is 0 Å². The van der Waals surface area contributed by atoms with E-state index < -0.39 is 10.0 Å². The molecule has 0 saturated carbocycles. The van der Waals surface area contributed by atoms with Crippen LogP contribution in [0.25, 0.3) is 0 Å². The number of hydrogen-bond acceptors (Lipinski definition) is 6. The van der Waals surface area contributed by atoms with Gasteiger partial charge in [-0.3, -0.25) is 9.59 Å². The van der Waals surface area contributed by atoms with Gasteiger partial charge in [0.25, 0.3) is 10.0 Å². The van der Waals surface area contributed by atoms with Crippen LogP contribution in [-0.4, -0.2) is 51.3 Å². The van der Waals surface area contributed by atoms with Gasteiger partial charge in [0.05, 0.1) is 13.5 Å². The molecule has 0 atom stereocenters. The summed E-state index contributed by atoms with van der Waals surface area (Å²) in [5, 5.41) is 2.87. The van der Waals surface area contributed by atoms with Gasteiger partial charge in [-0.25, -0.2) is 8.42 Å². The second kappa shape index (κ2) is 11.5. The third-order valence-corrected chi connectivity index (χ3v) is 8.19. The molecule has 0 aromatic carbocycles. The Balaban J connectivity index is 1.68. The van der Waals surface area contributed by atoms with Crippen LogP contribution in [0.2, 0.25) is 0 Å². The molecule has 9 heteroatoms. The lowest BCUT2D eigenvalue weighted by Crippen LogP contribution is -2.35. The molecule has 1 aliphatic heterocycles. The van der Waals surface area contributed by atoms with E-state index in [1.165, 1.54) is 18.4 Å². The zero-order chi connectivity index (χ0) is 20.4. The van der Waals surface area contributed by atoms with E-state index in [-0.39, 0.29) is 18.3 Å². The molecule has 0 bridgehead atoms. The molecule has 1 fully saturated rings. The number of methoxy groups -OCH3 is 1. The number of carbonyl (C=O) groups is 2. The fourth-order valence-electron chi connectivity index (χ4n) is 3.12. The molecule has 1 amide bonds. The number of hydrogen-bond donors (Lipinski definition) is 1. The lowest BCUT2D eigenvalue weighted by Gasteiger charge is -2.25. The van der Waals surface area contributed by atoms with Crippen LogP contribution in [0.1, 0.15) is 56.2 Å². The highest BCUT2D eigenvalue weighted by Gasteiger charge is 2.27. The van der Waals surface area contributed by atoms with Crippen LogP contribution in [0, 0.1) is 0 Å². The van der Waals surface area contributed by atoms with Crippen molar-refractivity contribution in [3.05, 3.63) is 17.0 Å². The Morgan fingerprint density at radius 3 is 2.54 bits per heavy atom. The minimum absolute atomic E-state index is 0.0988. The van der Waals surface area contributed by atoms with E-state index >= 15 is 0 Å². The number of nitrogens with one attached hydrogen (secondary N) is 1. The maximum absolute atomic E-state index is 12.7. The topological polar surface area (TPSA) is 92.8 Å². The summed E-state index contributed by atoms with van der Waals surface area (Å²) in [6.45, 7) is 1.74. The molecule has 158 valence electrons. The minimum atomic E-state index is -3.43. The molecule has 0 spiro atoms. The van der Waals surface area contributed by atoms with Crippen LogP contribution in [0.4, 0.5) is 0 Å². The Hall–Kier alpha value is -1.45. The molecule has 2 heterocycles. The van der Waals surface area contributed by atoms with Crippen LogP contribution in [0.5, 0.6) is 0 Å². The average molecular weight is 431 g/mol. The molecule has 0 aliphatic carbocycles. The molecule has 0 radical (unpaired) electrons. The summed E-state index contributed by atoms with van der Waals surface area (Å²) in [5.41, 5.74) is 0. The van der Waals surface area contributed by atoms with Crippen LogP contribution in [-0.2, 0) is 30.8 Å². The molecular formula is C19H30N2O5S2. The summed E-state index contributed by atoms with van der Waals surface area (Å²) in [6, 6.07) is 3.34. The zero-order valence-corrected chi connectivity index (χ0v) is 18.1. The Bertz CT molecular complexity index is 739. The van der Waals surface area contributed by atoms with Crippen molar-refractivity contribution in [3.8, 4) is 0 Å². The molecule has 1 N–H and O–H groups in total. The van der Waals surface area contributed by atoms with Crippen LogP contribution in [0.15, 0.2) is 16.3 Å². The summed E-state index contributed by atoms with van der Waals surface area (Å²) in [7, 11) is -2.04. The first kappa shape index (κ1) is 22.8. The van der Waals surface area contributed by atoms with Gasteiger partial charge in [-0.05, 0) is 37.8 Å². The van der Waals surface area contributed by atoms with E-state index in [0.717, 1.165) is 49.8 Å². The fraction of sp³-hybridized carbons (Fsp3) is 0.684. The van der Waals surface area contributed by atoms with Gasteiger partial charge in [0.15, 0.2) is 0 Å². The molecule has 1 aromatic rings. The highest BCUT2D eigenvalue weighted by Crippen LogP contribution is 2.27. The number of esters is 1. The summed E-state index contributed by atoms with van der Waals surface area (Å²) >= 11 is 1.18. The number of piperidine rings is 1. The summed E-state index contributed by atoms with van der Waals surface area (Å²) in [5.74, 6) is -0.288. The van der Waals surface area contributed by atoms with Gasteiger partial charge in [-0.1, -0.05) is 19.3 Å². The number of nitrogens with zero attached hydrogens (tertiary/aromatic N) is 1. The SMILES string of the molecule is COC(=O)CCCCCCNC(=O)Cc1ccc(S(=O)(=O)N2CCCCC2)s1. The lowest BCUT2D eigenvalue weighted by molar-refractivity contribution is -0.140. The molecule has 0 unspecified atom stereocenters. The Labute approximate surface area is 171 Å². The van der Waals surface area contributed by atoms with E-state index in [1.54, 1.807) is 16.4 Å². The lowest BCUT2D eigenvalue weighted by atomic mass is 10.1. The van der Waals surface area contributed by atoms with Gasteiger partial charge in [-0.15, -0.1) is 11.3 Å². The van der Waals surface area contributed by atoms with Gasteiger partial charge in [0.2, 0.25) is 5.91 Å². The van der Waals surface area contributed by atoms with E-state index in [2.05, 4.69) is 10.1 Å². The summed E-state index contributed by atoms with van der Waals surface area (Å²) in [6.07, 6.45) is 7.03. The van der Waals surface area contributed by atoms with Crippen molar-refractivity contribution < 1.29 is 22.7 Å². The van der Waals surface area contributed by atoms with Crippen molar-refractivity contribution in [1.82, 2.24) is 9.62 Å². The minimum Gasteiger partial charge on any atom is -0.469 e. The van der Waals surface area contributed by atoms with E-state index in [0.29, 0.717) is 30.3 Å². The van der Waals surface area contributed by atoms with Crippen molar-refractivity contribution in [1.29, 1.82) is 0 Å². The van der Waals surface area contributed by atoms with Gasteiger partial charge in [-0.2, -0.15) is 4.31 Å². The van der Waals surface area contributed by atoms with Gasteiger partial charge < -0.3 is 10.1 Å². The predicted octanol–water partition coefficient (Wildman–Crippen LogP) is 2.70. The number of carbonyl (C=O) groups excluding carboxylic acids is 2. The van der Waals surface area contributed by atoms with E-state index in [1.807, 2.05) is 0 Å². The fourth-order valence-corrected chi connectivity index (χ4v) is 6.15. The molecular weight excluding hydrogens is 400 g/mol. The first-order valence-electron chi connectivity index (χ1n) is 9.86. The summed E-state index contributed by atoms with van der Waals surface area (Å²) < 4.78 is 31.8. The Morgan fingerprint density at radius 1 is 1.11 bits per heavy atom. The van der Waals surface area contributed by atoms with Crippen molar-refractivity contribution in [2.75, 3.05) is 26.7 Å². The van der Waals surface area contributed by atoms with Crippen molar-refractivity contribution in [2.45, 2.75) is 62.0 Å². The number of thiophene rings is 1. The Morgan fingerprint density at radius 2 is 1.82 bits per heavy atom. The molecule has 1 saturated heterocycles. The van der Waals surface area contributed by atoms with Crippen molar-refractivity contribution in [3.63, 3.8) is 0 Å². The second-order valence-electron chi connectivity index (χ2n) is 6.95. The number of sulfonamides is 1. The molecule has 28 heavy (non-hydrogen) atoms. The number of rotatable bonds is 11. The standard InChI is InChI=1S/C19H30N2O5S2/c1-26-18(23)9-5-2-3-6-12-20-17(22)15-16-10-11-19(27-16)28(24,25)21-13-7-4-8-14-21/h10-11H,2-9,12-15H2,1H3,(H,20,22). The first-order valence-corrected chi connectivity index (χ1v) is 12.1. The Kier molecular flexibility index (Phi) is 9.40. The molecule has 7 nitrogen and oxygen atoms in total. The van der Waals surface area contributed by atoms with E-state index in [9.17, 15) is 18.0 Å². The predicted molar refractivity (Wildman–Crippen MR) is 109 cm³/mol. The molecule has 1 aromatic heterocycles. The maximum atomic E-state index is 12.7. The number of ether oxygens (including phenoxy) is 1. The number of amides is 1. The summed E-state index contributed by atoms with van der Waals surface area (Å²) in [4.78, 5) is 23.8. The number of unbranched alkanes of at least 4 members (excludes halogenated alkanes) is 3. The van der Waals surface area contributed by atoms with Gasteiger partial charge in [0, 0.05) is 30.9 Å². The zero-order valence-electron chi connectivity index (χ0n) is 16.4. The van der Waals surface area contributed by atoms with E-state index in [4.69, 9.17) is 0 Å². The molecule has 1 aliphatic rings. The van der Waals surface area contributed by atoms with Crippen LogP contribution < -0.4 is 5.32 Å². The van der Waals surface area contributed by atoms with Crippen molar-refractivity contribution >= 4 is 33.2 Å². The second-order valence-corrected chi connectivity index (χ2v) is 10.3. The quantitative estimate of drug-likeness (QED) is 0.430. The van der Waals surface area contributed by atoms with Gasteiger partial charge in [0.1, 0.15) is 4.21 Å². The molecule has 2 rings (SSSR count). The monoisotopic (exact) mass is 430 g/mol. The third-order valence-electron chi connectivity index (χ3n) is 4.74. The van der Waals surface area contributed by atoms with Gasteiger partial charge >= 0.3 is 5.97 Å². The maximum Gasteiger partial charge on any atom is 0.305 e. The third kappa shape index (κ3) is 7.18. The highest BCUT2D eigenvalue weighted by molar-refractivity contribution is 7.91. The highest BCUT2D eigenvalue weighted by atomic mass is 32.2. The van der Waals surface area contributed by atoms with Crippen LogP contribution >= 0.6 is 11.3 Å². The smallest absolute Gasteiger partial charge is 0.305 e. The van der Waals surface area contributed by atoms with Crippen molar-refractivity contribution in [2.24, 2.45) is 0 Å².